The molecule has 0 aromatic heterocycles. The number of nitrogens with zero attached hydrogens (tertiary/aromatic N) is 1. The van der Waals surface area contributed by atoms with E-state index in [4.69, 9.17) is 4.74 Å². The molecule has 1 aliphatic rings. The molecule has 1 heterocycles. The summed E-state index contributed by atoms with van der Waals surface area (Å²) in [6, 6.07) is 13.7. The molecule has 2 aromatic rings. The maximum atomic E-state index is 13.4. The lowest BCUT2D eigenvalue weighted by Crippen LogP contribution is -2.45. The Kier molecular flexibility index (Phi) is 6.39. The summed E-state index contributed by atoms with van der Waals surface area (Å²) in [6.45, 7) is 2.53. The van der Waals surface area contributed by atoms with Crippen molar-refractivity contribution < 1.29 is 17.9 Å². The van der Waals surface area contributed by atoms with Gasteiger partial charge in [-0.15, -0.1) is 0 Å². The quantitative estimate of drug-likeness (QED) is 0.803. The SMILES string of the molecule is COc1ccccc1CN(Cc1ccccc1C(F)(F)F)C1CCCNC1. The molecule has 146 valence electrons. The largest absolute Gasteiger partial charge is 0.496 e. The Morgan fingerprint density at radius 3 is 2.37 bits per heavy atom. The fourth-order valence-electron chi connectivity index (χ4n) is 3.67. The molecule has 3 nitrogen and oxygen atoms in total. The topological polar surface area (TPSA) is 24.5 Å². The van der Waals surface area contributed by atoms with Gasteiger partial charge in [-0.3, -0.25) is 4.90 Å². The first-order chi connectivity index (χ1) is 13.0. The summed E-state index contributed by atoms with van der Waals surface area (Å²) in [7, 11) is 1.62. The Bertz CT molecular complexity index is 742. The van der Waals surface area contributed by atoms with E-state index in [-0.39, 0.29) is 12.6 Å². The van der Waals surface area contributed by atoms with Crippen molar-refractivity contribution in [2.24, 2.45) is 0 Å². The molecule has 1 unspecified atom stereocenters. The molecule has 1 atom stereocenters. The molecule has 3 rings (SSSR count). The van der Waals surface area contributed by atoms with Crippen LogP contribution in [0.25, 0.3) is 0 Å². The van der Waals surface area contributed by atoms with Crippen LogP contribution in [-0.4, -0.2) is 31.1 Å². The zero-order valence-electron chi connectivity index (χ0n) is 15.4. The Balaban J connectivity index is 1.89. The minimum Gasteiger partial charge on any atom is -0.496 e. The molecule has 0 bridgehead atoms. The number of ether oxygens (including phenoxy) is 1. The zero-order valence-corrected chi connectivity index (χ0v) is 15.4. The molecule has 0 spiro atoms. The summed E-state index contributed by atoms with van der Waals surface area (Å²) in [5, 5.41) is 3.37. The highest BCUT2D eigenvalue weighted by molar-refractivity contribution is 5.34. The van der Waals surface area contributed by atoms with Gasteiger partial charge in [-0.1, -0.05) is 36.4 Å². The van der Waals surface area contributed by atoms with Crippen molar-refractivity contribution in [1.29, 1.82) is 0 Å². The Morgan fingerprint density at radius 1 is 1.04 bits per heavy atom. The van der Waals surface area contributed by atoms with Crippen molar-refractivity contribution in [2.75, 3.05) is 20.2 Å². The lowest BCUT2D eigenvalue weighted by Gasteiger charge is -2.35. The van der Waals surface area contributed by atoms with Gasteiger partial charge in [0.2, 0.25) is 0 Å². The second-order valence-electron chi connectivity index (χ2n) is 6.87. The molecule has 1 saturated heterocycles. The summed E-state index contributed by atoms with van der Waals surface area (Å²) >= 11 is 0. The molecular weight excluding hydrogens is 353 g/mol. The molecule has 27 heavy (non-hydrogen) atoms. The van der Waals surface area contributed by atoms with E-state index in [1.54, 1.807) is 19.2 Å². The molecule has 0 amide bonds. The maximum absolute atomic E-state index is 13.4. The summed E-state index contributed by atoms with van der Waals surface area (Å²) in [5.41, 5.74) is 0.735. The van der Waals surface area contributed by atoms with Crippen LogP contribution < -0.4 is 10.1 Å². The Morgan fingerprint density at radius 2 is 1.70 bits per heavy atom. The number of rotatable bonds is 6. The first-order valence-electron chi connectivity index (χ1n) is 9.21. The van der Waals surface area contributed by atoms with E-state index in [2.05, 4.69) is 10.2 Å². The van der Waals surface area contributed by atoms with Crippen LogP contribution in [0.4, 0.5) is 13.2 Å². The number of hydrogen-bond acceptors (Lipinski definition) is 3. The average Bonchev–Trinajstić information content (AvgIpc) is 2.68. The third-order valence-corrected chi connectivity index (χ3v) is 5.05. The molecule has 0 radical (unpaired) electrons. The molecule has 1 N–H and O–H groups in total. The molecule has 2 aromatic carbocycles. The second kappa shape index (κ2) is 8.76. The van der Waals surface area contributed by atoms with Crippen molar-refractivity contribution in [3.8, 4) is 5.75 Å². The summed E-state index contributed by atoms with van der Waals surface area (Å²) < 4.78 is 45.7. The molecule has 0 aliphatic carbocycles. The van der Waals surface area contributed by atoms with Crippen molar-refractivity contribution >= 4 is 0 Å². The van der Waals surface area contributed by atoms with Gasteiger partial charge in [0.25, 0.3) is 0 Å². The molecule has 6 heteroatoms. The standard InChI is InChI=1S/C21H25F3N2O/c1-27-20-11-5-3-8-17(20)15-26(18-9-6-12-25-13-18)14-16-7-2-4-10-19(16)21(22,23)24/h2-5,7-8,10-11,18,25H,6,9,12-15H2,1H3. The minimum atomic E-state index is -4.35. The fraction of sp³-hybridized carbons (Fsp3) is 0.429. The lowest BCUT2D eigenvalue weighted by molar-refractivity contribution is -0.138. The third kappa shape index (κ3) is 5.02. The molecule has 1 fully saturated rings. The number of halogens is 3. The highest BCUT2D eigenvalue weighted by atomic mass is 19.4. The first-order valence-corrected chi connectivity index (χ1v) is 9.21. The number of benzene rings is 2. The highest BCUT2D eigenvalue weighted by Gasteiger charge is 2.34. The predicted molar refractivity (Wildman–Crippen MR) is 99.6 cm³/mol. The van der Waals surface area contributed by atoms with Crippen LogP contribution in [0, 0.1) is 0 Å². The van der Waals surface area contributed by atoms with Crippen LogP contribution in [-0.2, 0) is 19.3 Å². The second-order valence-corrected chi connectivity index (χ2v) is 6.87. The number of piperidine rings is 1. The number of nitrogens with one attached hydrogen (secondary N) is 1. The van der Waals surface area contributed by atoms with E-state index >= 15 is 0 Å². The van der Waals surface area contributed by atoms with Crippen molar-refractivity contribution in [1.82, 2.24) is 10.2 Å². The van der Waals surface area contributed by atoms with Gasteiger partial charge in [0.05, 0.1) is 12.7 Å². The van der Waals surface area contributed by atoms with E-state index in [1.165, 1.54) is 6.07 Å². The van der Waals surface area contributed by atoms with E-state index in [0.29, 0.717) is 12.1 Å². The van der Waals surface area contributed by atoms with Gasteiger partial charge in [0.1, 0.15) is 5.75 Å². The molecule has 1 aliphatic heterocycles. The van der Waals surface area contributed by atoms with E-state index in [0.717, 1.165) is 43.3 Å². The van der Waals surface area contributed by atoms with Crippen LogP contribution in [0.1, 0.15) is 29.5 Å². The number of hydrogen-bond donors (Lipinski definition) is 1. The number of para-hydroxylation sites is 1. The smallest absolute Gasteiger partial charge is 0.416 e. The maximum Gasteiger partial charge on any atom is 0.416 e. The van der Waals surface area contributed by atoms with Crippen molar-refractivity contribution in [3.05, 3.63) is 65.2 Å². The van der Waals surface area contributed by atoms with Gasteiger partial charge in [0, 0.05) is 31.2 Å². The van der Waals surface area contributed by atoms with Crippen LogP contribution in [0.15, 0.2) is 48.5 Å². The van der Waals surface area contributed by atoms with E-state index in [9.17, 15) is 13.2 Å². The molecular formula is C21H25F3N2O. The van der Waals surface area contributed by atoms with Crippen LogP contribution in [0.5, 0.6) is 5.75 Å². The Labute approximate surface area is 158 Å². The van der Waals surface area contributed by atoms with E-state index < -0.39 is 11.7 Å². The fourth-order valence-corrected chi connectivity index (χ4v) is 3.67. The van der Waals surface area contributed by atoms with Gasteiger partial charge in [0.15, 0.2) is 0 Å². The van der Waals surface area contributed by atoms with Gasteiger partial charge < -0.3 is 10.1 Å². The Hall–Kier alpha value is -2.05. The highest BCUT2D eigenvalue weighted by Crippen LogP contribution is 2.33. The van der Waals surface area contributed by atoms with Crippen LogP contribution >= 0.6 is 0 Å². The van der Waals surface area contributed by atoms with E-state index in [1.807, 2.05) is 24.3 Å². The summed E-state index contributed by atoms with van der Waals surface area (Å²) in [6.07, 6.45) is -2.36. The van der Waals surface area contributed by atoms with Crippen molar-refractivity contribution in [3.63, 3.8) is 0 Å². The van der Waals surface area contributed by atoms with Crippen molar-refractivity contribution in [2.45, 2.75) is 38.1 Å². The monoisotopic (exact) mass is 378 g/mol. The average molecular weight is 378 g/mol. The summed E-state index contributed by atoms with van der Waals surface area (Å²) in [5.74, 6) is 0.760. The van der Waals surface area contributed by atoms with Gasteiger partial charge in [-0.05, 0) is 37.1 Å². The predicted octanol–water partition coefficient (Wildman–Crippen LogP) is 4.47. The zero-order chi connectivity index (χ0) is 19.3. The summed E-state index contributed by atoms with van der Waals surface area (Å²) in [4.78, 5) is 2.13. The van der Waals surface area contributed by atoms with Crippen LogP contribution in [0.3, 0.4) is 0 Å². The minimum absolute atomic E-state index is 0.185. The number of methoxy groups -OCH3 is 1. The normalized spacial score (nSPS) is 17.9. The van der Waals surface area contributed by atoms with Gasteiger partial charge in [-0.25, -0.2) is 0 Å². The van der Waals surface area contributed by atoms with Crippen LogP contribution in [0.2, 0.25) is 0 Å². The van der Waals surface area contributed by atoms with Gasteiger partial charge >= 0.3 is 6.18 Å². The first kappa shape index (κ1) is 19.7. The third-order valence-electron chi connectivity index (χ3n) is 5.05. The molecule has 0 saturated carbocycles. The number of alkyl halides is 3. The lowest BCUT2D eigenvalue weighted by atomic mass is 10.0. The van der Waals surface area contributed by atoms with Gasteiger partial charge in [-0.2, -0.15) is 13.2 Å².